The lowest BCUT2D eigenvalue weighted by molar-refractivity contribution is 0.0907. The molecule has 8 nitrogen and oxygen atoms in total. The Morgan fingerprint density at radius 2 is 2.21 bits per heavy atom. The predicted molar refractivity (Wildman–Crippen MR) is 86.1 cm³/mol. The van der Waals surface area contributed by atoms with Gasteiger partial charge in [0.2, 0.25) is 5.82 Å². The highest BCUT2D eigenvalue weighted by atomic mass is 16.5. The summed E-state index contributed by atoms with van der Waals surface area (Å²) in [4.78, 5) is 20.3. The second kappa shape index (κ2) is 6.61. The molecule has 0 saturated carbocycles. The number of rotatable bonds is 5. The lowest BCUT2D eigenvalue weighted by Crippen LogP contribution is -2.23. The molecule has 0 fully saturated rings. The van der Waals surface area contributed by atoms with Crippen LogP contribution in [0.1, 0.15) is 34.6 Å². The Hall–Kier alpha value is -3.03. The summed E-state index contributed by atoms with van der Waals surface area (Å²) in [5, 5.41) is 11.0. The Morgan fingerprint density at radius 3 is 2.88 bits per heavy atom. The Kier molecular flexibility index (Phi) is 4.37. The summed E-state index contributed by atoms with van der Waals surface area (Å²) in [5.41, 5.74) is 3.63. The van der Waals surface area contributed by atoms with Crippen molar-refractivity contribution in [2.24, 2.45) is 0 Å². The standard InChI is InChI=1S/C16H18N6O2/c1-4-22-11(3)13(10(2)20-22)9-18-15(23)16-19-14(21-24-16)12-6-5-7-17-8-12/h5-8H,4,9H2,1-3H3,(H,18,23). The second-order valence-electron chi connectivity index (χ2n) is 5.31. The molecule has 3 rings (SSSR count). The van der Waals surface area contributed by atoms with Gasteiger partial charge in [0, 0.05) is 42.3 Å². The van der Waals surface area contributed by atoms with Gasteiger partial charge in [0.15, 0.2) is 0 Å². The molecule has 0 atom stereocenters. The van der Waals surface area contributed by atoms with E-state index in [1.807, 2.05) is 25.5 Å². The number of aryl methyl sites for hydroxylation is 2. The zero-order valence-corrected chi connectivity index (χ0v) is 13.8. The molecule has 3 aromatic rings. The maximum atomic E-state index is 12.2. The summed E-state index contributed by atoms with van der Waals surface area (Å²) in [6.07, 6.45) is 3.26. The van der Waals surface area contributed by atoms with Gasteiger partial charge in [0.25, 0.3) is 0 Å². The number of pyridine rings is 1. The molecular formula is C16H18N6O2. The van der Waals surface area contributed by atoms with Gasteiger partial charge >= 0.3 is 11.8 Å². The Morgan fingerprint density at radius 1 is 1.38 bits per heavy atom. The molecule has 0 spiro atoms. The van der Waals surface area contributed by atoms with E-state index in [1.165, 1.54) is 0 Å². The molecule has 0 bridgehead atoms. The fourth-order valence-electron chi connectivity index (χ4n) is 2.47. The molecule has 0 unspecified atom stereocenters. The van der Waals surface area contributed by atoms with Crippen LogP contribution in [0.15, 0.2) is 29.0 Å². The van der Waals surface area contributed by atoms with Gasteiger partial charge < -0.3 is 9.84 Å². The van der Waals surface area contributed by atoms with Crippen LogP contribution >= 0.6 is 0 Å². The number of nitrogens with zero attached hydrogens (tertiary/aromatic N) is 5. The maximum Gasteiger partial charge on any atom is 0.316 e. The highest BCUT2D eigenvalue weighted by molar-refractivity contribution is 5.89. The first kappa shape index (κ1) is 15.9. The normalized spacial score (nSPS) is 10.8. The summed E-state index contributed by atoms with van der Waals surface area (Å²) >= 11 is 0. The fraction of sp³-hybridized carbons (Fsp3) is 0.312. The summed E-state index contributed by atoms with van der Waals surface area (Å²) in [6.45, 7) is 7.09. The summed E-state index contributed by atoms with van der Waals surface area (Å²) in [5.74, 6) is -0.160. The van der Waals surface area contributed by atoms with Gasteiger partial charge in [-0.15, -0.1) is 0 Å². The number of carbonyl (C=O) groups excluding carboxylic acids is 1. The van der Waals surface area contributed by atoms with Crippen molar-refractivity contribution in [3.63, 3.8) is 0 Å². The van der Waals surface area contributed by atoms with Gasteiger partial charge in [-0.1, -0.05) is 5.16 Å². The molecule has 0 aromatic carbocycles. The molecule has 0 aliphatic rings. The van der Waals surface area contributed by atoms with Crippen molar-refractivity contribution in [3.05, 3.63) is 47.4 Å². The van der Waals surface area contributed by atoms with Gasteiger partial charge in [0.05, 0.1) is 5.69 Å². The van der Waals surface area contributed by atoms with Crippen LogP contribution in [-0.2, 0) is 13.1 Å². The first-order valence-electron chi connectivity index (χ1n) is 7.65. The zero-order valence-electron chi connectivity index (χ0n) is 13.8. The molecule has 1 amide bonds. The van der Waals surface area contributed by atoms with E-state index >= 15 is 0 Å². The molecule has 0 aliphatic heterocycles. The van der Waals surface area contributed by atoms with Crippen LogP contribution in [0.3, 0.4) is 0 Å². The second-order valence-corrected chi connectivity index (χ2v) is 5.31. The highest BCUT2D eigenvalue weighted by Gasteiger charge is 2.18. The van der Waals surface area contributed by atoms with E-state index in [0.29, 0.717) is 17.9 Å². The minimum Gasteiger partial charge on any atom is -0.344 e. The third kappa shape index (κ3) is 3.03. The summed E-state index contributed by atoms with van der Waals surface area (Å²) in [7, 11) is 0. The predicted octanol–water partition coefficient (Wildman–Crippen LogP) is 1.89. The lowest BCUT2D eigenvalue weighted by Gasteiger charge is -2.03. The number of amides is 1. The lowest BCUT2D eigenvalue weighted by atomic mass is 10.2. The van der Waals surface area contributed by atoms with Crippen LogP contribution in [0, 0.1) is 13.8 Å². The van der Waals surface area contributed by atoms with Gasteiger partial charge in [-0.3, -0.25) is 14.5 Å². The van der Waals surface area contributed by atoms with E-state index < -0.39 is 5.91 Å². The molecule has 1 N–H and O–H groups in total. The Labute approximate surface area is 138 Å². The SMILES string of the molecule is CCn1nc(C)c(CNC(=O)c2nc(-c3cccnc3)no2)c1C. The van der Waals surface area contributed by atoms with Crippen molar-refractivity contribution < 1.29 is 9.32 Å². The Balaban J connectivity index is 1.70. The first-order chi connectivity index (χ1) is 11.6. The molecule has 8 heteroatoms. The van der Waals surface area contributed by atoms with Crippen molar-refractivity contribution in [1.82, 2.24) is 30.2 Å². The number of aromatic nitrogens is 5. The monoisotopic (exact) mass is 326 g/mol. The summed E-state index contributed by atoms with van der Waals surface area (Å²) < 4.78 is 6.94. The first-order valence-corrected chi connectivity index (χ1v) is 7.65. The quantitative estimate of drug-likeness (QED) is 0.769. The van der Waals surface area contributed by atoms with Crippen LogP contribution in [0.2, 0.25) is 0 Å². The zero-order chi connectivity index (χ0) is 17.1. The third-order valence-electron chi connectivity index (χ3n) is 3.80. The largest absolute Gasteiger partial charge is 0.344 e. The molecule has 3 heterocycles. The average molecular weight is 326 g/mol. The van der Waals surface area contributed by atoms with Crippen LogP contribution in [0.25, 0.3) is 11.4 Å². The highest BCUT2D eigenvalue weighted by Crippen LogP contribution is 2.15. The number of hydrogen-bond donors (Lipinski definition) is 1. The third-order valence-corrected chi connectivity index (χ3v) is 3.80. The van der Waals surface area contributed by atoms with Crippen molar-refractivity contribution >= 4 is 5.91 Å². The number of carbonyl (C=O) groups is 1. The Bertz CT molecular complexity index is 853. The van der Waals surface area contributed by atoms with Crippen molar-refractivity contribution in [2.75, 3.05) is 0 Å². The van der Waals surface area contributed by atoms with Gasteiger partial charge in [-0.2, -0.15) is 10.1 Å². The molecule has 3 aromatic heterocycles. The van der Waals surface area contributed by atoms with E-state index in [1.54, 1.807) is 24.5 Å². The van der Waals surface area contributed by atoms with Crippen LogP contribution in [0.5, 0.6) is 0 Å². The van der Waals surface area contributed by atoms with Crippen molar-refractivity contribution in [2.45, 2.75) is 33.9 Å². The van der Waals surface area contributed by atoms with E-state index in [9.17, 15) is 4.79 Å². The molecular weight excluding hydrogens is 308 g/mol. The maximum absolute atomic E-state index is 12.2. The van der Waals surface area contributed by atoms with E-state index in [4.69, 9.17) is 4.52 Å². The van der Waals surface area contributed by atoms with Crippen LogP contribution < -0.4 is 5.32 Å². The fourth-order valence-corrected chi connectivity index (χ4v) is 2.47. The number of hydrogen-bond acceptors (Lipinski definition) is 6. The van der Waals surface area contributed by atoms with Crippen LogP contribution in [-0.4, -0.2) is 30.8 Å². The van der Waals surface area contributed by atoms with Gasteiger partial charge in [0.1, 0.15) is 0 Å². The molecule has 0 radical (unpaired) electrons. The van der Waals surface area contributed by atoms with Crippen molar-refractivity contribution in [3.8, 4) is 11.4 Å². The van der Waals surface area contributed by atoms with E-state index in [0.717, 1.165) is 23.5 Å². The molecule has 0 aliphatic carbocycles. The van der Waals surface area contributed by atoms with Gasteiger partial charge in [-0.25, -0.2) is 0 Å². The summed E-state index contributed by atoms with van der Waals surface area (Å²) in [6, 6.07) is 3.56. The van der Waals surface area contributed by atoms with Crippen LogP contribution in [0.4, 0.5) is 0 Å². The van der Waals surface area contributed by atoms with Gasteiger partial charge in [-0.05, 0) is 32.9 Å². The van der Waals surface area contributed by atoms with Crippen molar-refractivity contribution in [1.29, 1.82) is 0 Å². The minimum absolute atomic E-state index is 0.0768. The number of nitrogens with one attached hydrogen (secondary N) is 1. The van der Waals surface area contributed by atoms with E-state index in [-0.39, 0.29) is 5.89 Å². The topological polar surface area (TPSA) is 98.7 Å². The average Bonchev–Trinajstić information content (AvgIpc) is 3.19. The molecule has 0 saturated heterocycles. The smallest absolute Gasteiger partial charge is 0.316 e. The van der Waals surface area contributed by atoms with E-state index in [2.05, 4.69) is 25.5 Å². The minimum atomic E-state index is -0.416. The molecule has 124 valence electrons. The molecule has 24 heavy (non-hydrogen) atoms.